The second-order valence-electron chi connectivity index (χ2n) is 6.31. The van der Waals surface area contributed by atoms with Crippen molar-refractivity contribution in [2.75, 3.05) is 0 Å². The summed E-state index contributed by atoms with van der Waals surface area (Å²) >= 11 is 0. The molecule has 1 saturated carbocycles. The van der Waals surface area contributed by atoms with Gasteiger partial charge in [-0.1, -0.05) is 46.0 Å². The minimum Gasteiger partial charge on any atom is -0.392 e. The number of aliphatic hydroxyl groups excluding tert-OH is 1. The van der Waals surface area contributed by atoms with E-state index in [1.807, 2.05) is 0 Å². The summed E-state index contributed by atoms with van der Waals surface area (Å²) in [6.07, 6.45) is 12.4. The lowest BCUT2D eigenvalue weighted by Crippen LogP contribution is -2.23. The third-order valence-electron chi connectivity index (χ3n) is 4.78. The molecular weight excluding hydrogens is 248 g/mol. The first-order valence-electron chi connectivity index (χ1n) is 8.46. The minimum absolute atomic E-state index is 0.238. The van der Waals surface area contributed by atoms with Crippen molar-refractivity contribution in [2.24, 2.45) is 5.92 Å². The van der Waals surface area contributed by atoms with Gasteiger partial charge in [0.1, 0.15) is 0 Å². The van der Waals surface area contributed by atoms with Crippen LogP contribution in [0.1, 0.15) is 76.9 Å². The van der Waals surface area contributed by atoms with Crippen molar-refractivity contribution >= 4 is 0 Å². The first-order chi connectivity index (χ1) is 9.74. The Bertz CT molecular complexity index is 382. The smallest absolute Gasteiger partial charge is 0.0650 e. The molecule has 114 valence electrons. The van der Waals surface area contributed by atoms with Crippen molar-refractivity contribution in [2.45, 2.75) is 83.8 Å². The molecule has 1 aliphatic rings. The van der Waals surface area contributed by atoms with E-state index in [4.69, 9.17) is 0 Å². The molecule has 1 heterocycles. The summed E-state index contributed by atoms with van der Waals surface area (Å²) in [5.41, 5.74) is 1.05. The van der Waals surface area contributed by atoms with Crippen LogP contribution in [0.15, 0.2) is 12.3 Å². The quantitative estimate of drug-likeness (QED) is 0.777. The number of hydrogen-bond acceptors (Lipinski definition) is 2. The van der Waals surface area contributed by atoms with Crippen LogP contribution in [0.4, 0.5) is 0 Å². The van der Waals surface area contributed by atoms with Gasteiger partial charge in [0.15, 0.2) is 0 Å². The highest BCUT2D eigenvalue weighted by molar-refractivity contribution is 5.02. The summed E-state index contributed by atoms with van der Waals surface area (Å²) in [6.45, 7) is 4.39. The van der Waals surface area contributed by atoms with Crippen LogP contribution in [-0.4, -0.2) is 21.0 Å². The Morgan fingerprint density at radius 1 is 1.35 bits per heavy atom. The van der Waals surface area contributed by atoms with E-state index in [0.29, 0.717) is 18.4 Å². The number of unbranched alkanes of at least 4 members (excludes halogenated alkanes) is 1. The van der Waals surface area contributed by atoms with Crippen LogP contribution < -0.4 is 0 Å². The van der Waals surface area contributed by atoms with Gasteiger partial charge in [0, 0.05) is 12.6 Å². The maximum absolute atomic E-state index is 10.4. The molecule has 0 amide bonds. The van der Waals surface area contributed by atoms with E-state index in [1.54, 1.807) is 0 Å². The van der Waals surface area contributed by atoms with Crippen LogP contribution in [0.25, 0.3) is 0 Å². The molecule has 0 spiro atoms. The highest BCUT2D eigenvalue weighted by atomic mass is 16.3. The topological polar surface area (TPSA) is 38.0 Å². The first kappa shape index (κ1) is 15.6. The van der Waals surface area contributed by atoms with Gasteiger partial charge in [-0.05, 0) is 31.2 Å². The minimum atomic E-state index is -0.238. The van der Waals surface area contributed by atoms with Crippen LogP contribution >= 0.6 is 0 Å². The molecule has 0 radical (unpaired) electrons. The lowest BCUT2D eigenvalue weighted by atomic mass is 9.91. The van der Waals surface area contributed by atoms with E-state index in [1.165, 1.54) is 38.5 Å². The molecule has 1 fully saturated rings. The average Bonchev–Trinajstić information content (AvgIpc) is 3.09. The zero-order chi connectivity index (χ0) is 14.4. The Balaban J connectivity index is 1.88. The van der Waals surface area contributed by atoms with Crippen LogP contribution in [0.3, 0.4) is 0 Å². The molecule has 0 aromatic carbocycles. The van der Waals surface area contributed by atoms with Gasteiger partial charge >= 0.3 is 0 Å². The molecular formula is C17H30N2O. The molecule has 20 heavy (non-hydrogen) atoms. The van der Waals surface area contributed by atoms with E-state index in [-0.39, 0.29) is 6.10 Å². The summed E-state index contributed by atoms with van der Waals surface area (Å²) in [7, 11) is 0. The summed E-state index contributed by atoms with van der Waals surface area (Å²) in [5, 5.41) is 15.1. The largest absolute Gasteiger partial charge is 0.392 e. The fraction of sp³-hybridized carbons (Fsp3) is 0.824. The summed E-state index contributed by atoms with van der Waals surface area (Å²) in [5.74, 6) is 0.423. The van der Waals surface area contributed by atoms with Gasteiger partial charge in [0.05, 0.1) is 17.8 Å². The second-order valence-corrected chi connectivity index (χ2v) is 6.31. The van der Waals surface area contributed by atoms with Gasteiger partial charge < -0.3 is 5.11 Å². The lowest BCUT2D eigenvalue weighted by molar-refractivity contribution is 0.0976. The average molecular weight is 278 g/mol. The third-order valence-corrected chi connectivity index (χ3v) is 4.78. The molecule has 3 heteroatoms. The number of rotatable bonds is 8. The SMILES string of the molecule is CCCCC(CC)C(O)Cc1ccn(C2CCCC2)n1. The number of aliphatic hydroxyl groups is 1. The van der Waals surface area contributed by atoms with E-state index in [9.17, 15) is 5.11 Å². The van der Waals surface area contributed by atoms with E-state index in [0.717, 1.165) is 18.5 Å². The maximum Gasteiger partial charge on any atom is 0.0650 e. The highest BCUT2D eigenvalue weighted by Crippen LogP contribution is 2.29. The molecule has 1 N–H and O–H groups in total. The predicted octanol–water partition coefficient (Wildman–Crippen LogP) is 4.12. The van der Waals surface area contributed by atoms with Gasteiger partial charge in [-0.2, -0.15) is 5.10 Å². The van der Waals surface area contributed by atoms with Gasteiger partial charge in [-0.3, -0.25) is 4.68 Å². The van der Waals surface area contributed by atoms with Crippen molar-refractivity contribution in [3.05, 3.63) is 18.0 Å². The maximum atomic E-state index is 10.4. The van der Waals surface area contributed by atoms with E-state index in [2.05, 4.69) is 35.9 Å². The first-order valence-corrected chi connectivity index (χ1v) is 8.46. The Hall–Kier alpha value is -0.830. The summed E-state index contributed by atoms with van der Waals surface area (Å²) in [6, 6.07) is 2.69. The van der Waals surface area contributed by atoms with Crippen molar-refractivity contribution in [3.63, 3.8) is 0 Å². The lowest BCUT2D eigenvalue weighted by Gasteiger charge is -2.20. The molecule has 2 unspecified atom stereocenters. The van der Waals surface area contributed by atoms with E-state index >= 15 is 0 Å². The molecule has 0 saturated heterocycles. The number of hydrogen-bond donors (Lipinski definition) is 1. The molecule has 3 nitrogen and oxygen atoms in total. The monoisotopic (exact) mass is 278 g/mol. The zero-order valence-corrected chi connectivity index (χ0v) is 13.1. The molecule has 2 atom stereocenters. The van der Waals surface area contributed by atoms with Crippen molar-refractivity contribution in [3.8, 4) is 0 Å². The predicted molar refractivity (Wildman–Crippen MR) is 82.7 cm³/mol. The molecule has 1 aromatic heterocycles. The molecule has 0 bridgehead atoms. The molecule has 1 aromatic rings. The molecule has 2 rings (SSSR count). The Morgan fingerprint density at radius 2 is 2.10 bits per heavy atom. The van der Waals surface area contributed by atoms with Crippen LogP contribution in [-0.2, 0) is 6.42 Å². The Labute approximate surface area is 123 Å². The van der Waals surface area contributed by atoms with Crippen LogP contribution in [0, 0.1) is 5.92 Å². The van der Waals surface area contributed by atoms with Gasteiger partial charge in [0.2, 0.25) is 0 Å². The van der Waals surface area contributed by atoms with Crippen LogP contribution in [0.5, 0.6) is 0 Å². The van der Waals surface area contributed by atoms with Gasteiger partial charge in [0.25, 0.3) is 0 Å². The fourth-order valence-electron chi connectivity index (χ4n) is 3.37. The van der Waals surface area contributed by atoms with Crippen molar-refractivity contribution in [1.29, 1.82) is 0 Å². The third kappa shape index (κ3) is 4.08. The molecule has 1 aliphatic carbocycles. The Kier molecular flexibility index (Phi) is 6.08. The van der Waals surface area contributed by atoms with E-state index < -0.39 is 0 Å². The normalized spacial score (nSPS) is 19.4. The highest BCUT2D eigenvalue weighted by Gasteiger charge is 2.20. The van der Waals surface area contributed by atoms with Crippen LogP contribution in [0.2, 0.25) is 0 Å². The zero-order valence-electron chi connectivity index (χ0n) is 13.1. The number of aromatic nitrogens is 2. The van der Waals surface area contributed by atoms with Crippen molar-refractivity contribution < 1.29 is 5.11 Å². The second kappa shape index (κ2) is 7.82. The number of nitrogens with zero attached hydrogens (tertiary/aromatic N) is 2. The standard InChI is InChI=1S/C17H30N2O/c1-3-5-8-14(4-2)17(20)13-15-11-12-19(18-15)16-9-6-7-10-16/h11-12,14,16-17,20H,3-10,13H2,1-2H3. The summed E-state index contributed by atoms with van der Waals surface area (Å²) in [4.78, 5) is 0. The van der Waals surface area contributed by atoms with Crippen molar-refractivity contribution in [1.82, 2.24) is 9.78 Å². The fourth-order valence-corrected chi connectivity index (χ4v) is 3.37. The van der Waals surface area contributed by atoms with Gasteiger partial charge in [-0.15, -0.1) is 0 Å². The Morgan fingerprint density at radius 3 is 2.75 bits per heavy atom. The van der Waals surface area contributed by atoms with Gasteiger partial charge in [-0.25, -0.2) is 0 Å². The summed E-state index contributed by atoms with van der Waals surface area (Å²) < 4.78 is 2.13. The molecule has 0 aliphatic heterocycles.